The Morgan fingerprint density at radius 2 is 1.90 bits per heavy atom. The SMILES string of the molecule is CC(=O)C(Br)c1cccc(OC(F)(F)F)c1C(O)C(=O)O. The molecule has 1 aromatic rings. The number of carbonyl (C=O) groups excluding carboxylic acids is 1. The average Bonchev–Trinajstić information content (AvgIpc) is 2.34. The van der Waals surface area contributed by atoms with Gasteiger partial charge in [0.25, 0.3) is 0 Å². The van der Waals surface area contributed by atoms with Crippen molar-refractivity contribution in [1.82, 2.24) is 0 Å². The van der Waals surface area contributed by atoms with E-state index >= 15 is 0 Å². The van der Waals surface area contributed by atoms with Crippen LogP contribution in [0.2, 0.25) is 0 Å². The number of alkyl halides is 4. The van der Waals surface area contributed by atoms with Gasteiger partial charge in [-0.1, -0.05) is 28.1 Å². The zero-order valence-corrected chi connectivity index (χ0v) is 12.1. The van der Waals surface area contributed by atoms with Crippen LogP contribution in [0.25, 0.3) is 0 Å². The van der Waals surface area contributed by atoms with Gasteiger partial charge < -0.3 is 14.9 Å². The van der Waals surface area contributed by atoms with Gasteiger partial charge in [-0.2, -0.15) is 0 Å². The number of carboxylic acid groups (broad SMARTS) is 1. The molecule has 0 fully saturated rings. The predicted octanol–water partition coefficient (Wildman–Crippen LogP) is 2.73. The van der Waals surface area contributed by atoms with Crippen LogP contribution >= 0.6 is 15.9 Å². The first-order valence-corrected chi connectivity index (χ1v) is 6.40. The summed E-state index contributed by atoms with van der Waals surface area (Å²) >= 11 is 2.94. The molecule has 0 aliphatic carbocycles. The maximum absolute atomic E-state index is 12.3. The van der Waals surface area contributed by atoms with Crippen molar-refractivity contribution in [2.45, 2.75) is 24.2 Å². The highest BCUT2D eigenvalue weighted by atomic mass is 79.9. The standard InChI is InChI=1S/C12H10BrF3O5/c1-5(17)9(13)6-3-2-4-7(21-12(14,15)16)8(6)10(18)11(19)20/h2-4,9-10,18H,1H3,(H,19,20). The summed E-state index contributed by atoms with van der Waals surface area (Å²) in [6.07, 6.45) is -7.33. The molecule has 0 heterocycles. The van der Waals surface area contributed by atoms with Crippen molar-refractivity contribution in [2.75, 3.05) is 0 Å². The number of rotatable bonds is 5. The van der Waals surface area contributed by atoms with Crippen LogP contribution in [0, 0.1) is 0 Å². The third kappa shape index (κ3) is 4.43. The van der Waals surface area contributed by atoms with Crippen molar-refractivity contribution in [3.8, 4) is 5.75 Å². The highest BCUT2D eigenvalue weighted by Crippen LogP contribution is 2.38. The average molecular weight is 371 g/mol. The molecule has 0 saturated carbocycles. The van der Waals surface area contributed by atoms with Gasteiger partial charge in [-0.25, -0.2) is 4.79 Å². The monoisotopic (exact) mass is 370 g/mol. The highest BCUT2D eigenvalue weighted by molar-refractivity contribution is 9.09. The smallest absolute Gasteiger partial charge is 0.479 e. The summed E-state index contributed by atoms with van der Waals surface area (Å²) in [5, 5.41) is 18.4. The van der Waals surface area contributed by atoms with Crippen molar-refractivity contribution in [1.29, 1.82) is 0 Å². The van der Waals surface area contributed by atoms with Crippen molar-refractivity contribution in [3.63, 3.8) is 0 Å². The van der Waals surface area contributed by atoms with Gasteiger partial charge in [0.1, 0.15) is 11.5 Å². The first-order valence-electron chi connectivity index (χ1n) is 5.48. The largest absolute Gasteiger partial charge is 0.573 e. The summed E-state index contributed by atoms with van der Waals surface area (Å²) < 4.78 is 40.8. The quantitative estimate of drug-likeness (QED) is 0.778. The fourth-order valence-corrected chi connectivity index (χ4v) is 2.03. The second-order valence-corrected chi connectivity index (χ2v) is 4.94. The molecule has 1 rings (SSSR count). The number of Topliss-reactive ketones (excluding diaryl/α,β-unsaturated/α-hetero) is 1. The summed E-state index contributed by atoms with van der Waals surface area (Å²) in [4.78, 5) is 21.2. The van der Waals surface area contributed by atoms with Gasteiger partial charge in [-0.3, -0.25) is 4.79 Å². The number of carboxylic acids is 1. The normalized spacial score (nSPS) is 14.4. The number of halogens is 4. The predicted molar refractivity (Wildman–Crippen MR) is 68.1 cm³/mol. The zero-order valence-electron chi connectivity index (χ0n) is 10.5. The molecule has 0 aliphatic rings. The van der Waals surface area contributed by atoms with Gasteiger partial charge in [-0.15, -0.1) is 13.2 Å². The fraction of sp³-hybridized carbons (Fsp3) is 0.333. The number of hydrogen-bond acceptors (Lipinski definition) is 4. The van der Waals surface area contributed by atoms with E-state index in [0.29, 0.717) is 0 Å². The van der Waals surface area contributed by atoms with E-state index in [-0.39, 0.29) is 5.56 Å². The number of aliphatic carboxylic acids is 1. The van der Waals surface area contributed by atoms with Crippen LogP contribution in [0.15, 0.2) is 18.2 Å². The van der Waals surface area contributed by atoms with Crippen LogP contribution in [-0.4, -0.2) is 28.3 Å². The maximum atomic E-state index is 12.3. The Labute approximate surface area is 125 Å². The van der Waals surface area contributed by atoms with Crippen LogP contribution in [0.5, 0.6) is 5.75 Å². The van der Waals surface area contributed by atoms with E-state index in [1.54, 1.807) is 0 Å². The first kappa shape index (κ1) is 17.4. The summed E-state index contributed by atoms with van der Waals surface area (Å²) in [5.74, 6) is -3.11. The molecule has 9 heteroatoms. The molecule has 5 nitrogen and oxygen atoms in total. The lowest BCUT2D eigenvalue weighted by Gasteiger charge is -2.20. The van der Waals surface area contributed by atoms with E-state index in [9.17, 15) is 27.9 Å². The minimum Gasteiger partial charge on any atom is -0.479 e. The van der Waals surface area contributed by atoms with E-state index in [0.717, 1.165) is 19.1 Å². The number of hydrogen-bond donors (Lipinski definition) is 2. The summed E-state index contributed by atoms with van der Waals surface area (Å²) in [7, 11) is 0. The number of ketones is 1. The molecule has 2 unspecified atom stereocenters. The fourth-order valence-electron chi connectivity index (χ4n) is 1.63. The van der Waals surface area contributed by atoms with Gasteiger partial charge in [0.2, 0.25) is 0 Å². The Bertz CT molecular complexity index is 558. The number of carbonyl (C=O) groups is 2. The van der Waals surface area contributed by atoms with E-state index in [1.807, 2.05) is 0 Å². The van der Waals surface area contributed by atoms with E-state index in [4.69, 9.17) is 5.11 Å². The second-order valence-electron chi connectivity index (χ2n) is 4.02. The molecule has 0 saturated heterocycles. The maximum Gasteiger partial charge on any atom is 0.573 e. The Morgan fingerprint density at radius 1 is 1.33 bits per heavy atom. The Kier molecular flexibility index (Phi) is 5.35. The Hall–Kier alpha value is -1.61. The van der Waals surface area contributed by atoms with Crippen LogP contribution < -0.4 is 4.74 Å². The molecule has 116 valence electrons. The summed E-state index contributed by atoms with van der Waals surface area (Å²) in [5.41, 5.74) is -0.737. The Balaban J connectivity index is 3.48. The lowest BCUT2D eigenvalue weighted by molar-refractivity contribution is -0.275. The van der Waals surface area contributed by atoms with Crippen LogP contribution in [-0.2, 0) is 9.59 Å². The van der Waals surface area contributed by atoms with Crippen LogP contribution in [0.3, 0.4) is 0 Å². The van der Waals surface area contributed by atoms with Crippen molar-refractivity contribution < 1.29 is 37.7 Å². The molecular weight excluding hydrogens is 361 g/mol. The second kappa shape index (κ2) is 6.44. The van der Waals surface area contributed by atoms with Gasteiger partial charge in [0.15, 0.2) is 6.10 Å². The first-order chi connectivity index (χ1) is 9.54. The van der Waals surface area contributed by atoms with E-state index in [2.05, 4.69) is 20.7 Å². The van der Waals surface area contributed by atoms with Gasteiger partial charge in [0.05, 0.1) is 4.83 Å². The molecule has 2 N–H and O–H groups in total. The molecule has 21 heavy (non-hydrogen) atoms. The van der Waals surface area contributed by atoms with E-state index in [1.165, 1.54) is 6.07 Å². The summed E-state index contributed by atoms with van der Waals surface area (Å²) in [6, 6.07) is 3.25. The molecule has 0 bridgehead atoms. The number of ether oxygens (including phenoxy) is 1. The van der Waals surface area contributed by atoms with Gasteiger partial charge in [-0.05, 0) is 18.6 Å². The third-order valence-electron chi connectivity index (χ3n) is 2.46. The lowest BCUT2D eigenvalue weighted by Crippen LogP contribution is -2.22. The molecular formula is C12H10BrF3O5. The van der Waals surface area contributed by atoms with E-state index < -0.39 is 40.4 Å². The van der Waals surface area contributed by atoms with Gasteiger partial charge in [0, 0.05) is 5.56 Å². The highest BCUT2D eigenvalue weighted by Gasteiger charge is 2.35. The van der Waals surface area contributed by atoms with Crippen LogP contribution in [0.4, 0.5) is 13.2 Å². The molecule has 0 aromatic heterocycles. The molecule has 0 radical (unpaired) electrons. The number of benzene rings is 1. The summed E-state index contributed by atoms with van der Waals surface area (Å²) in [6.45, 7) is 1.16. The molecule has 0 aliphatic heterocycles. The molecule has 2 atom stereocenters. The van der Waals surface area contributed by atoms with Crippen molar-refractivity contribution in [3.05, 3.63) is 29.3 Å². The molecule has 1 aromatic carbocycles. The van der Waals surface area contributed by atoms with Crippen molar-refractivity contribution in [2.24, 2.45) is 0 Å². The topological polar surface area (TPSA) is 83.8 Å². The number of aliphatic hydroxyl groups is 1. The lowest BCUT2D eigenvalue weighted by atomic mass is 9.97. The number of aliphatic hydroxyl groups excluding tert-OH is 1. The van der Waals surface area contributed by atoms with Crippen LogP contribution in [0.1, 0.15) is 29.0 Å². The Morgan fingerprint density at radius 3 is 2.33 bits per heavy atom. The molecule has 0 spiro atoms. The minimum absolute atomic E-state index is 0.112. The molecule has 0 amide bonds. The van der Waals surface area contributed by atoms with Gasteiger partial charge >= 0.3 is 12.3 Å². The zero-order chi connectivity index (χ0) is 16.4. The van der Waals surface area contributed by atoms with Crippen molar-refractivity contribution >= 4 is 27.7 Å². The third-order valence-corrected chi connectivity index (χ3v) is 3.60. The minimum atomic E-state index is -5.07.